The largest absolute Gasteiger partial charge is 0.497 e. The Hall–Kier alpha value is -4.20. The van der Waals surface area contributed by atoms with Crippen LogP contribution < -0.4 is 20.2 Å². The molecule has 0 saturated heterocycles. The molecule has 3 aromatic rings. The number of hydrogen-bond acceptors (Lipinski definition) is 5. The van der Waals surface area contributed by atoms with Gasteiger partial charge in [-0.25, -0.2) is 9.82 Å². The van der Waals surface area contributed by atoms with Gasteiger partial charge in [0.2, 0.25) is 0 Å². The van der Waals surface area contributed by atoms with Crippen LogP contribution in [0.2, 0.25) is 0 Å². The van der Waals surface area contributed by atoms with Gasteiger partial charge in [-0.3, -0.25) is 9.59 Å². The standard InChI is InChI=1S/C23H20FN3O4/c1-30-20-11-8-17(21(13-20)31-2)14-25-27-23(29)16-4-3-5-19(12-16)26-22(28)15-6-9-18(24)10-7-15/h3-14H,1-2H3,(H,26,28)(H,27,29)/b25-14-. The third kappa shape index (κ3) is 5.66. The van der Waals surface area contributed by atoms with Crippen LogP contribution in [-0.4, -0.2) is 32.2 Å². The Morgan fingerprint density at radius 1 is 0.903 bits per heavy atom. The van der Waals surface area contributed by atoms with E-state index in [1.54, 1.807) is 43.5 Å². The molecule has 158 valence electrons. The number of benzene rings is 3. The van der Waals surface area contributed by atoms with Gasteiger partial charge < -0.3 is 14.8 Å². The molecule has 0 radical (unpaired) electrons. The molecule has 0 aliphatic carbocycles. The molecule has 0 aliphatic rings. The zero-order valence-electron chi connectivity index (χ0n) is 16.9. The van der Waals surface area contributed by atoms with Crippen LogP contribution in [0.1, 0.15) is 26.3 Å². The van der Waals surface area contributed by atoms with E-state index in [0.29, 0.717) is 33.9 Å². The highest BCUT2D eigenvalue weighted by molar-refractivity contribution is 6.05. The van der Waals surface area contributed by atoms with E-state index in [4.69, 9.17) is 9.47 Å². The smallest absolute Gasteiger partial charge is 0.271 e. The Morgan fingerprint density at radius 3 is 2.39 bits per heavy atom. The predicted molar refractivity (Wildman–Crippen MR) is 115 cm³/mol. The zero-order chi connectivity index (χ0) is 22.2. The third-order valence-electron chi connectivity index (χ3n) is 4.30. The molecule has 3 aromatic carbocycles. The molecule has 7 nitrogen and oxygen atoms in total. The highest BCUT2D eigenvalue weighted by atomic mass is 19.1. The number of halogens is 1. The molecule has 2 N–H and O–H groups in total. The molecule has 0 atom stereocenters. The molecular weight excluding hydrogens is 401 g/mol. The summed E-state index contributed by atoms with van der Waals surface area (Å²) in [5.74, 6) is -0.118. The van der Waals surface area contributed by atoms with Crippen LogP contribution in [0.5, 0.6) is 11.5 Å². The third-order valence-corrected chi connectivity index (χ3v) is 4.30. The molecule has 3 rings (SSSR count). The van der Waals surface area contributed by atoms with Crippen LogP contribution in [-0.2, 0) is 0 Å². The van der Waals surface area contributed by atoms with Crippen molar-refractivity contribution in [1.82, 2.24) is 5.43 Å². The number of anilines is 1. The van der Waals surface area contributed by atoms with E-state index in [1.165, 1.54) is 43.7 Å². The molecule has 8 heteroatoms. The second kappa shape index (κ2) is 10.0. The van der Waals surface area contributed by atoms with E-state index >= 15 is 0 Å². The molecule has 0 spiro atoms. The number of amides is 2. The Balaban J connectivity index is 1.65. The SMILES string of the molecule is COc1ccc(/C=N\NC(=O)c2cccc(NC(=O)c3ccc(F)cc3)c2)c(OC)c1. The minimum absolute atomic E-state index is 0.300. The number of hydrazone groups is 1. The van der Waals surface area contributed by atoms with Gasteiger partial charge in [-0.2, -0.15) is 5.10 Å². The Labute approximate surface area is 178 Å². The van der Waals surface area contributed by atoms with E-state index in [1.807, 2.05) is 0 Å². The van der Waals surface area contributed by atoms with Gasteiger partial charge >= 0.3 is 0 Å². The monoisotopic (exact) mass is 421 g/mol. The lowest BCUT2D eigenvalue weighted by molar-refractivity contribution is 0.0953. The Bertz CT molecular complexity index is 1110. The summed E-state index contributed by atoms with van der Waals surface area (Å²) in [6, 6.07) is 16.7. The van der Waals surface area contributed by atoms with Crippen molar-refractivity contribution in [2.24, 2.45) is 5.10 Å². The lowest BCUT2D eigenvalue weighted by atomic mass is 10.1. The average molecular weight is 421 g/mol. The molecule has 0 saturated carbocycles. The number of ether oxygens (including phenoxy) is 2. The van der Waals surface area contributed by atoms with Crippen molar-refractivity contribution in [1.29, 1.82) is 0 Å². The summed E-state index contributed by atoms with van der Waals surface area (Å²) < 4.78 is 23.4. The van der Waals surface area contributed by atoms with Crippen molar-refractivity contribution < 1.29 is 23.5 Å². The van der Waals surface area contributed by atoms with Crippen LogP contribution in [0.25, 0.3) is 0 Å². The number of methoxy groups -OCH3 is 2. The fourth-order valence-electron chi connectivity index (χ4n) is 2.69. The van der Waals surface area contributed by atoms with Gasteiger partial charge in [0.25, 0.3) is 11.8 Å². The molecule has 0 unspecified atom stereocenters. The summed E-state index contributed by atoms with van der Waals surface area (Å²) >= 11 is 0. The van der Waals surface area contributed by atoms with Crippen molar-refractivity contribution in [3.8, 4) is 11.5 Å². The van der Waals surface area contributed by atoms with E-state index in [2.05, 4.69) is 15.8 Å². The molecule has 0 fully saturated rings. The maximum absolute atomic E-state index is 13.0. The maximum Gasteiger partial charge on any atom is 0.271 e. The van der Waals surface area contributed by atoms with Crippen LogP contribution in [0.15, 0.2) is 71.8 Å². The number of carbonyl (C=O) groups is 2. The summed E-state index contributed by atoms with van der Waals surface area (Å²) in [6.07, 6.45) is 1.45. The summed E-state index contributed by atoms with van der Waals surface area (Å²) in [5.41, 5.74) is 4.11. The van der Waals surface area contributed by atoms with Gasteiger partial charge in [-0.1, -0.05) is 6.07 Å². The van der Waals surface area contributed by atoms with Gasteiger partial charge in [0.15, 0.2) is 0 Å². The normalized spacial score (nSPS) is 10.5. The number of hydrogen-bond donors (Lipinski definition) is 2. The lowest BCUT2D eigenvalue weighted by Crippen LogP contribution is -2.18. The maximum atomic E-state index is 13.0. The fourth-order valence-corrected chi connectivity index (χ4v) is 2.69. The molecule has 2 amide bonds. The van der Waals surface area contributed by atoms with Gasteiger partial charge in [0, 0.05) is 28.4 Å². The summed E-state index contributed by atoms with van der Waals surface area (Å²) in [7, 11) is 3.08. The second-order valence-corrected chi connectivity index (χ2v) is 6.35. The van der Waals surface area contributed by atoms with Gasteiger partial charge in [0.05, 0.1) is 20.4 Å². The van der Waals surface area contributed by atoms with E-state index in [9.17, 15) is 14.0 Å². The van der Waals surface area contributed by atoms with Crippen molar-refractivity contribution in [2.45, 2.75) is 0 Å². The van der Waals surface area contributed by atoms with Crippen molar-refractivity contribution in [2.75, 3.05) is 19.5 Å². The van der Waals surface area contributed by atoms with E-state index in [0.717, 1.165) is 0 Å². The summed E-state index contributed by atoms with van der Waals surface area (Å²) in [5, 5.41) is 6.63. The summed E-state index contributed by atoms with van der Waals surface area (Å²) in [4.78, 5) is 24.7. The van der Waals surface area contributed by atoms with Crippen molar-refractivity contribution in [3.63, 3.8) is 0 Å². The molecule has 0 bridgehead atoms. The minimum atomic E-state index is -0.457. The first-order chi connectivity index (χ1) is 15.0. The fraction of sp³-hybridized carbons (Fsp3) is 0.0870. The highest BCUT2D eigenvalue weighted by Gasteiger charge is 2.09. The number of nitrogens with one attached hydrogen (secondary N) is 2. The summed E-state index contributed by atoms with van der Waals surface area (Å²) in [6.45, 7) is 0. The predicted octanol–water partition coefficient (Wildman–Crippen LogP) is 3.86. The lowest BCUT2D eigenvalue weighted by Gasteiger charge is -2.08. The van der Waals surface area contributed by atoms with E-state index < -0.39 is 17.6 Å². The number of nitrogens with zero attached hydrogens (tertiary/aromatic N) is 1. The van der Waals surface area contributed by atoms with Crippen LogP contribution in [0, 0.1) is 5.82 Å². The first-order valence-electron chi connectivity index (χ1n) is 9.22. The van der Waals surface area contributed by atoms with Crippen molar-refractivity contribution >= 4 is 23.7 Å². The quantitative estimate of drug-likeness (QED) is 0.448. The number of rotatable bonds is 7. The Kier molecular flexibility index (Phi) is 6.95. The average Bonchev–Trinajstić information content (AvgIpc) is 2.79. The highest BCUT2D eigenvalue weighted by Crippen LogP contribution is 2.23. The minimum Gasteiger partial charge on any atom is -0.497 e. The number of carbonyl (C=O) groups excluding carboxylic acids is 2. The van der Waals surface area contributed by atoms with Gasteiger partial charge in [0.1, 0.15) is 17.3 Å². The molecule has 0 aromatic heterocycles. The first-order valence-corrected chi connectivity index (χ1v) is 9.22. The van der Waals surface area contributed by atoms with E-state index in [-0.39, 0.29) is 0 Å². The molecule has 31 heavy (non-hydrogen) atoms. The Morgan fingerprint density at radius 2 is 1.68 bits per heavy atom. The first kappa shape index (κ1) is 21.5. The topological polar surface area (TPSA) is 89.0 Å². The van der Waals surface area contributed by atoms with Crippen LogP contribution in [0.4, 0.5) is 10.1 Å². The van der Waals surface area contributed by atoms with Crippen LogP contribution in [0.3, 0.4) is 0 Å². The zero-order valence-corrected chi connectivity index (χ0v) is 16.9. The molecular formula is C23H20FN3O4. The second-order valence-electron chi connectivity index (χ2n) is 6.35. The van der Waals surface area contributed by atoms with Gasteiger partial charge in [-0.05, 0) is 54.6 Å². The van der Waals surface area contributed by atoms with Crippen molar-refractivity contribution in [3.05, 3.63) is 89.2 Å². The van der Waals surface area contributed by atoms with Gasteiger partial charge in [-0.15, -0.1) is 0 Å². The molecule has 0 aliphatic heterocycles. The van der Waals surface area contributed by atoms with Crippen LogP contribution >= 0.6 is 0 Å². The molecule has 0 heterocycles.